The highest BCUT2D eigenvalue weighted by Crippen LogP contribution is 2.22. The van der Waals surface area contributed by atoms with Crippen molar-refractivity contribution in [1.82, 2.24) is 0 Å². The molecule has 1 aromatic rings. The summed E-state index contributed by atoms with van der Waals surface area (Å²) in [6.45, 7) is 1.78. The van der Waals surface area contributed by atoms with E-state index < -0.39 is 6.10 Å². The minimum atomic E-state index is -0.444. The molecule has 2 rings (SSSR count). The fourth-order valence-corrected chi connectivity index (χ4v) is 2.21. The standard InChI is InChI=1S/C14H20N2O2/c1-10(18-13-8-7-11(15)9-13)14(17)16-12-5-3-2-4-6-12/h2-6,10-11,13H,7-9,15H2,1H3,(H,16,17). The summed E-state index contributed by atoms with van der Waals surface area (Å²) >= 11 is 0. The van der Waals surface area contributed by atoms with Crippen LogP contribution in [0.5, 0.6) is 0 Å². The Bertz CT molecular complexity index is 394. The molecule has 98 valence electrons. The molecule has 1 fully saturated rings. The van der Waals surface area contributed by atoms with E-state index in [1.54, 1.807) is 6.92 Å². The second kappa shape index (κ2) is 5.98. The molecule has 3 atom stereocenters. The number of hydrogen-bond donors (Lipinski definition) is 2. The number of carbonyl (C=O) groups excluding carboxylic acids is 1. The minimum Gasteiger partial charge on any atom is -0.365 e. The molecule has 0 aliphatic heterocycles. The summed E-state index contributed by atoms with van der Waals surface area (Å²) in [7, 11) is 0. The maximum Gasteiger partial charge on any atom is 0.253 e. The quantitative estimate of drug-likeness (QED) is 0.855. The van der Waals surface area contributed by atoms with Crippen molar-refractivity contribution in [2.24, 2.45) is 5.73 Å². The maximum absolute atomic E-state index is 11.9. The van der Waals surface area contributed by atoms with E-state index in [1.165, 1.54) is 0 Å². The second-order valence-corrected chi connectivity index (χ2v) is 4.83. The lowest BCUT2D eigenvalue weighted by atomic mass is 10.2. The van der Waals surface area contributed by atoms with Gasteiger partial charge in [0.2, 0.25) is 0 Å². The maximum atomic E-state index is 11.9. The van der Waals surface area contributed by atoms with Crippen LogP contribution in [-0.4, -0.2) is 24.2 Å². The molecule has 3 unspecified atom stereocenters. The number of rotatable bonds is 4. The van der Waals surface area contributed by atoms with Gasteiger partial charge in [-0.1, -0.05) is 18.2 Å². The number of para-hydroxylation sites is 1. The molecule has 0 saturated heterocycles. The smallest absolute Gasteiger partial charge is 0.253 e. The van der Waals surface area contributed by atoms with E-state index in [0.717, 1.165) is 24.9 Å². The first-order chi connectivity index (χ1) is 8.65. The fraction of sp³-hybridized carbons (Fsp3) is 0.500. The van der Waals surface area contributed by atoms with Gasteiger partial charge in [0.15, 0.2) is 0 Å². The molecule has 0 spiro atoms. The van der Waals surface area contributed by atoms with Gasteiger partial charge in [0, 0.05) is 11.7 Å². The van der Waals surface area contributed by atoms with Crippen LogP contribution in [-0.2, 0) is 9.53 Å². The second-order valence-electron chi connectivity index (χ2n) is 4.83. The van der Waals surface area contributed by atoms with Crippen LogP contribution in [0.25, 0.3) is 0 Å². The van der Waals surface area contributed by atoms with Crippen LogP contribution in [0.2, 0.25) is 0 Å². The third-order valence-corrected chi connectivity index (χ3v) is 3.23. The van der Waals surface area contributed by atoms with Crippen molar-refractivity contribution >= 4 is 11.6 Å². The van der Waals surface area contributed by atoms with Crippen molar-refractivity contribution in [2.45, 2.75) is 44.4 Å². The number of hydrogen-bond acceptors (Lipinski definition) is 3. The first-order valence-electron chi connectivity index (χ1n) is 6.42. The molecule has 1 saturated carbocycles. The molecule has 0 heterocycles. The molecule has 0 radical (unpaired) electrons. The molecule has 1 amide bonds. The van der Waals surface area contributed by atoms with Gasteiger partial charge in [0.25, 0.3) is 5.91 Å². The lowest BCUT2D eigenvalue weighted by Crippen LogP contribution is -2.31. The molecule has 1 aromatic carbocycles. The van der Waals surface area contributed by atoms with Gasteiger partial charge in [-0.15, -0.1) is 0 Å². The van der Waals surface area contributed by atoms with E-state index in [4.69, 9.17) is 10.5 Å². The third kappa shape index (κ3) is 3.55. The minimum absolute atomic E-state index is 0.110. The number of ether oxygens (including phenoxy) is 1. The number of carbonyl (C=O) groups is 1. The Kier molecular flexibility index (Phi) is 4.33. The van der Waals surface area contributed by atoms with E-state index in [0.29, 0.717) is 0 Å². The van der Waals surface area contributed by atoms with E-state index in [-0.39, 0.29) is 18.1 Å². The Morgan fingerprint density at radius 1 is 1.39 bits per heavy atom. The zero-order valence-corrected chi connectivity index (χ0v) is 10.6. The number of nitrogens with one attached hydrogen (secondary N) is 1. The Morgan fingerprint density at radius 3 is 2.72 bits per heavy atom. The van der Waals surface area contributed by atoms with Crippen LogP contribution in [0, 0.1) is 0 Å². The zero-order valence-electron chi connectivity index (χ0n) is 10.6. The summed E-state index contributed by atoms with van der Waals surface area (Å²) < 4.78 is 5.72. The Labute approximate surface area is 108 Å². The van der Waals surface area contributed by atoms with Gasteiger partial charge in [-0.3, -0.25) is 4.79 Å². The molecular weight excluding hydrogens is 228 g/mol. The number of benzene rings is 1. The topological polar surface area (TPSA) is 64.3 Å². The van der Waals surface area contributed by atoms with Gasteiger partial charge in [0.05, 0.1) is 6.10 Å². The summed E-state index contributed by atoms with van der Waals surface area (Å²) in [6.07, 6.45) is 2.46. The van der Waals surface area contributed by atoms with Gasteiger partial charge >= 0.3 is 0 Å². The van der Waals surface area contributed by atoms with E-state index in [1.807, 2.05) is 30.3 Å². The van der Waals surface area contributed by atoms with Gasteiger partial charge in [-0.2, -0.15) is 0 Å². The van der Waals surface area contributed by atoms with Crippen LogP contribution in [0.1, 0.15) is 26.2 Å². The molecule has 0 aromatic heterocycles. The van der Waals surface area contributed by atoms with Crippen LogP contribution >= 0.6 is 0 Å². The van der Waals surface area contributed by atoms with Gasteiger partial charge < -0.3 is 15.8 Å². The molecule has 4 heteroatoms. The monoisotopic (exact) mass is 248 g/mol. The number of amides is 1. The first-order valence-corrected chi connectivity index (χ1v) is 6.42. The molecule has 0 bridgehead atoms. The fourth-order valence-electron chi connectivity index (χ4n) is 2.21. The normalized spacial score (nSPS) is 24.8. The molecule has 18 heavy (non-hydrogen) atoms. The predicted molar refractivity (Wildman–Crippen MR) is 71.2 cm³/mol. The largest absolute Gasteiger partial charge is 0.365 e. The molecule has 1 aliphatic carbocycles. The lowest BCUT2D eigenvalue weighted by Gasteiger charge is -2.18. The van der Waals surface area contributed by atoms with Gasteiger partial charge in [0.1, 0.15) is 6.10 Å². The van der Waals surface area contributed by atoms with Crippen molar-refractivity contribution in [2.75, 3.05) is 5.32 Å². The third-order valence-electron chi connectivity index (χ3n) is 3.23. The Balaban J connectivity index is 1.82. The lowest BCUT2D eigenvalue weighted by molar-refractivity contribution is -0.129. The average molecular weight is 248 g/mol. The number of anilines is 1. The van der Waals surface area contributed by atoms with Crippen LogP contribution < -0.4 is 11.1 Å². The Hall–Kier alpha value is -1.39. The summed E-state index contributed by atoms with van der Waals surface area (Å²) in [5.41, 5.74) is 6.61. The van der Waals surface area contributed by atoms with Crippen LogP contribution in [0.15, 0.2) is 30.3 Å². The predicted octanol–water partition coefficient (Wildman–Crippen LogP) is 1.91. The van der Waals surface area contributed by atoms with Crippen molar-refractivity contribution in [3.05, 3.63) is 30.3 Å². The van der Waals surface area contributed by atoms with Crippen molar-refractivity contribution in [1.29, 1.82) is 0 Å². The molecule has 1 aliphatic rings. The van der Waals surface area contributed by atoms with Crippen LogP contribution in [0.3, 0.4) is 0 Å². The summed E-state index contributed by atoms with van der Waals surface area (Å²) in [6, 6.07) is 9.62. The van der Waals surface area contributed by atoms with E-state index in [9.17, 15) is 4.79 Å². The van der Waals surface area contributed by atoms with Crippen molar-refractivity contribution < 1.29 is 9.53 Å². The number of nitrogens with two attached hydrogens (primary N) is 1. The summed E-state index contributed by atoms with van der Waals surface area (Å²) in [5, 5.41) is 2.83. The molecule has 3 N–H and O–H groups in total. The average Bonchev–Trinajstić information content (AvgIpc) is 2.76. The highest BCUT2D eigenvalue weighted by Gasteiger charge is 2.26. The SMILES string of the molecule is CC(OC1CCC(N)C1)C(=O)Nc1ccccc1. The van der Waals surface area contributed by atoms with E-state index in [2.05, 4.69) is 5.32 Å². The molecular formula is C14H20N2O2. The zero-order chi connectivity index (χ0) is 13.0. The summed E-state index contributed by atoms with van der Waals surface area (Å²) in [4.78, 5) is 11.9. The highest BCUT2D eigenvalue weighted by molar-refractivity contribution is 5.93. The van der Waals surface area contributed by atoms with E-state index >= 15 is 0 Å². The van der Waals surface area contributed by atoms with Crippen LogP contribution in [0.4, 0.5) is 5.69 Å². The summed E-state index contributed by atoms with van der Waals surface area (Å²) in [5.74, 6) is -0.110. The van der Waals surface area contributed by atoms with Gasteiger partial charge in [-0.25, -0.2) is 0 Å². The van der Waals surface area contributed by atoms with Crippen molar-refractivity contribution in [3.8, 4) is 0 Å². The van der Waals surface area contributed by atoms with Crippen molar-refractivity contribution in [3.63, 3.8) is 0 Å². The highest BCUT2D eigenvalue weighted by atomic mass is 16.5. The Morgan fingerprint density at radius 2 is 2.11 bits per heavy atom. The molecule has 4 nitrogen and oxygen atoms in total. The first kappa shape index (κ1) is 13.1. The van der Waals surface area contributed by atoms with Gasteiger partial charge in [-0.05, 0) is 38.3 Å².